The van der Waals surface area contributed by atoms with E-state index in [0.29, 0.717) is 17.7 Å². The highest BCUT2D eigenvalue weighted by molar-refractivity contribution is 7.89. The van der Waals surface area contributed by atoms with Crippen molar-refractivity contribution in [2.45, 2.75) is 18.7 Å². The molecule has 0 spiro atoms. The van der Waals surface area contributed by atoms with Crippen molar-refractivity contribution in [3.05, 3.63) is 36.4 Å². The third kappa shape index (κ3) is 2.94. The Bertz CT molecular complexity index is 708. The van der Waals surface area contributed by atoms with Gasteiger partial charge in [-0.3, -0.25) is 0 Å². The molecule has 0 radical (unpaired) electrons. The van der Waals surface area contributed by atoms with Gasteiger partial charge in [-0.15, -0.1) is 0 Å². The summed E-state index contributed by atoms with van der Waals surface area (Å²) in [4.78, 5) is 0.287. The zero-order valence-corrected chi connectivity index (χ0v) is 12.7. The summed E-state index contributed by atoms with van der Waals surface area (Å²) in [5.41, 5.74) is 0. The second-order valence-electron chi connectivity index (χ2n) is 5.06. The van der Waals surface area contributed by atoms with Crippen molar-refractivity contribution in [2.75, 3.05) is 13.7 Å². The predicted octanol–water partition coefficient (Wildman–Crippen LogP) is 2.78. The number of ether oxygens (including phenoxy) is 1. The maximum atomic E-state index is 12.4. The van der Waals surface area contributed by atoms with E-state index in [1.807, 2.05) is 32.0 Å². The van der Waals surface area contributed by atoms with Gasteiger partial charge in [-0.25, -0.2) is 13.1 Å². The van der Waals surface area contributed by atoms with Gasteiger partial charge >= 0.3 is 0 Å². The fourth-order valence-corrected chi connectivity index (χ4v) is 3.43. The van der Waals surface area contributed by atoms with Crippen molar-refractivity contribution >= 4 is 20.8 Å². The fraction of sp³-hybridized carbons (Fsp3) is 0.333. The zero-order valence-electron chi connectivity index (χ0n) is 11.9. The van der Waals surface area contributed by atoms with Gasteiger partial charge in [-0.2, -0.15) is 0 Å². The van der Waals surface area contributed by atoms with Crippen molar-refractivity contribution in [1.29, 1.82) is 0 Å². The van der Waals surface area contributed by atoms with Gasteiger partial charge in [0.25, 0.3) is 0 Å². The van der Waals surface area contributed by atoms with E-state index < -0.39 is 10.0 Å². The van der Waals surface area contributed by atoms with E-state index in [1.54, 1.807) is 25.3 Å². The molecule has 0 saturated heterocycles. The minimum Gasteiger partial charge on any atom is -0.496 e. The van der Waals surface area contributed by atoms with E-state index in [1.165, 1.54) is 0 Å². The highest BCUT2D eigenvalue weighted by Gasteiger charge is 2.18. The van der Waals surface area contributed by atoms with Crippen LogP contribution in [0.15, 0.2) is 41.3 Å². The van der Waals surface area contributed by atoms with Crippen LogP contribution in [0, 0.1) is 5.92 Å². The quantitative estimate of drug-likeness (QED) is 0.922. The first-order chi connectivity index (χ1) is 9.45. The predicted molar refractivity (Wildman–Crippen MR) is 80.5 cm³/mol. The maximum Gasteiger partial charge on any atom is 0.241 e. The van der Waals surface area contributed by atoms with E-state index in [2.05, 4.69) is 4.72 Å². The lowest BCUT2D eigenvalue weighted by atomic mass is 10.1. The average molecular weight is 293 g/mol. The summed E-state index contributed by atoms with van der Waals surface area (Å²) >= 11 is 0. The second kappa shape index (κ2) is 5.81. The third-order valence-corrected chi connectivity index (χ3v) is 4.52. The number of sulfonamides is 1. The van der Waals surface area contributed by atoms with Crippen LogP contribution in [-0.4, -0.2) is 22.1 Å². The van der Waals surface area contributed by atoms with E-state index in [0.717, 1.165) is 5.39 Å². The first-order valence-corrected chi connectivity index (χ1v) is 7.99. The Morgan fingerprint density at radius 3 is 2.35 bits per heavy atom. The second-order valence-corrected chi connectivity index (χ2v) is 6.79. The minimum atomic E-state index is -3.51. The Morgan fingerprint density at radius 1 is 1.10 bits per heavy atom. The van der Waals surface area contributed by atoms with Crippen LogP contribution in [0.4, 0.5) is 0 Å². The van der Waals surface area contributed by atoms with Crippen LogP contribution in [0.25, 0.3) is 10.8 Å². The average Bonchev–Trinajstić information content (AvgIpc) is 2.44. The summed E-state index contributed by atoms with van der Waals surface area (Å²) in [7, 11) is -1.94. The molecule has 4 nitrogen and oxygen atoms in total. The monoisotopic (exact) mass is 293 g/mol. The molecule has 20 heavy (non-hydrogen) atoms. The lowest BCUT2D eigenvalue weighted by molar-refractivity contribution is 0.419. The molecule has 0 amide bonds. The van der Waals surface area contributed by atoms with Crippen molar-refractivity contribution in [3.8, 4) is 5.75 Å². The Balaban J connectivity index is 2.55. The molecule has 0 aliphatic carbocycles. The molecule has 5 heteroatoms. The first kappa shape index (κ1) is 14.8. The van der Waals surface area contributed by atoms with Crippen molar-refractivity contribution in [1.82, 2.24) is 4.72 Å². The molecule has 108 valence electrons. The summed E-state index contributed by atoms with van der Waals surface area (Å²) < 4.78 is 32.7. The summed E-state index contributed by atoms with van der Waals surface area (Å²) in [6.45, 7) is 4.35. The summed E-state index contributed by atoms with van der Waals surface area (Å²) in [6.07, 6.45) is 0. The van der Waals surface area contributed by atoms with Gasteiger partial charge < -0.3 is 4.74 Å². The molecule has 0 bridgehead atoms. The highest BCUT2D eigenvalue weighted by atomic mass is 32.2. The van der Waals surface area contributed by atoms with Gasteiger partial charge in [0, 0.05) is 17.3 Å². The molecule has 2 aromatic rings. The third-order valence-electron chi connectivity index (χ3n) is 3.04. The molecule has 0 heterocycles. The van der Waals surface area contributed by atoms with Gasteiger partial charge in [0.05, 0.1) is 12.0 Å². The summed E-state index contributed by atoms with van der Waals surface area (Å²) in [5, 5.41) is 1.46. The van der Waals surface area contributed by atoms with E-state index in [4.69, 9.17) is 4.74 Å². The Labute approximate surface area is 119 Å². The molecule has 1 N–H and O–H groups in total. The van der Waals surface area contributed by atoms with Crippen LogP contribution in [0.2, 0.25) is 0 Å². The number of fused-ring (bicyclic) bond motifs is 1. The van der Waals surface area contributed by atoms with Crippen LogP contribution in [0.5, 0.6) is 5.75 Å². The van der Waals surface area contributed by atoms with Crippen molar-refractivity contribution in [3.63, 3.8) is 0 Å². The molecule has 0 unspecified atom stereocenters. The van der Waals surface area contributed by atoms with Gasteiger partial charge in [-0.05, 0) is 18.1 Å². The van der Waals surface area contributed by atoms with Gasteiger partial charge in [-0.1, -0.05) is 38.1 Å². The molecule has 0 saturated carbocycles. The Kier molecular flexibility index (Phi) is 4.30. The largest absolute Gasteiger partial charge is 0.496 e. The lowest BCUT2D eigenvalue weighted by Gasteiger charge is -2.13. The zero-order chi connectivity index (χ0) is 14.8. The molecule has 2 aromatic carbocycles. The summed E-state index contributed by atoms with van der Waals surface area (Å²) in [5.74, 6) is 0.928. The molecule has 0 fully saturated rings. The van der Waals surface area contributed by atoms with Crippen LogP contribution >= 0.6 is 0 Å². The number of hydrogen-bond donors (Lipinski definition) is 1. The fourth-order valence-electron chi connectivity index (χ4n) is 2.01. The normalized spacial score (nSPS) is 12.0. The van der Waals surface area contributed by atoms with E-state index in [9.17, 15) is 8.42 Å². The van der Waals surface area contributed by atoms with Crippen LogP contribution in [-0.2, 0) is 10.0 Å². The summed E-state index contributed by atoms with van der Waals surface area (Å²) in [6, 6.07) is 10.6. The number of nitrogens with one attached hydrogen (secondary N) is 1. The van der Waals surface area contributed by atoms with Crippen LogP contribution in [0.3, 0.4) is 0 Å². The minimum absolute atomic E-state index is 0.259. The molecular weight excluding hydrogens is 274 g/mol. The van der Waals surface area contributed by atoms with E-state index >= 15 is 0 Å². The van der Waals surface area contributed by atoms with E-state index in [-0.39, 0.29) is 10.8 Å². The Hall–Kier alpha value is -1.59. The van der Waals surface area contributed by atoms with Gasteiger partial charge in [0.1, 0.15) is 5.75 Å². The van der Waals surface area contributed by atoms with Crippen molar-refractivity contribution < 1.29 is 13.2 Å². The Morgan fingerprint density at radius 2 is 1.75 bits per heavy atom. The molecular formula is C15H19NO3S. The van der Waals surface area contributed by atoms with Gasteiger partial charge in [0.15, 0.2) is 0 Å². The molecule has 0 aliphatic heterocycles. The standard InChI is InChI=1S/C15H19NO3S/c1-11(2)10-16-20(17,18)15-9-8-14(19-3)12-6-4-5-7-13(12)15/h4-9,11,16H,10H2,1-3H3. The van der Waals surface area contributed by atoms with Crippen LogP contribution < -0.4 is 9.46 Å². The lowest BCUT2D eigenvalue weighted by Crippen LogP contribution is -2.27. The van der Waals surface area contributed by atoms with Crippen LogP contribution in [0.1, 0.15) is 13.8 Å². The number of hydrogen-bond acceptors (Lipinski definition) is 3. The van der Waals surface area contributed by atoms with Crippen molar-refractivity contribution in [2.24, 2.45) is 5.92 Å². The molecule has 2 rings (SSSR count). The maximum absolute atomic E-state index is 12.4. The topological polar surface area (TPSA) is 55.4 Å². The van der Waals surface area contributed by atoms with Gasteiger partial charge in [0.2, 0.25) is 10.0 Å². The smallest absolute Gasteiger partial charge is 0.241 e. The highest BCUT2D eigenvalue weighted by Crippen LogP contribution is 2.30. The number of rotatable bonds is 5. The molecule has 0 aromatic heterocycles. The SMILES string of the molecule is COc1ccc(S(=O)(=O)NCC(C)C)c2ccccc12. The first-order valence-electron chi connectivity index (χ1n) is 6.51. The molecule has 0 aliphatic rings. The number of methoxy groups -OCH3 is 1. The number of benzene rings is 2. The molecule has 0 atom stereocenters.